The van der Waals surface area contributed by atoms with Crippen molar-refractivity contribution in [3.05, 3.63) is 29.5 Å². The van der Waals surface area contributed by atoms with Gasteiger partial charge in [0.05, 0.1) is 19.5 Å². The maximum atomic E-state index is 9.40. The van der Waals surface area contributed by atoms with E-state index in [-0.39, 0.29) is 5.75 Å². The Hall–Kier alpha value is -1.64. The summed E-state index contributed by atoms with van der Waals surface area (Å²) in [7, 11) is 1.53. The number of rotatable bonds is 4. The van der Waals surface area contributed by atoms with Crippen LogP contribution in [0.2, 0.25) is 0 Å². The second-order valence-electron chi connectivity index (χ2n) is 3.12. The highest BCUT2D eigenvalue weighted by Gasteiger charge is 2.01. The summed E-state index contributed by atoms with van der Waals surface area (Å²) in [6.45, 7) is 4.48. The van der Waals surface area contributed by atoms with Gasteiger partial charge < -0.3 is 14.6 Å². The van der Waals surface area contributed by atoms with Crippen LogP contribution in [0.4, 0.5) is 0 Å². The first-order valence-corrected chi connectivity index (χ1v) is 4.85. The van der Waals surface area contributed by atoms with Gasteiger partial charge >= 0.3 is 0 Å². The van der Waals surface area contributed by atoms with Crippen molar-refractivity contribution in [2.24, 2.45) is 0 Å². The lowest BCUT2D eigenvalue weighted by Crippen LogP contribution is -1.88. The van der Waals surface area contributed by atoms with Gasteiger partial charge in [0.2, 0.25) is 0 Å². The molecule has 0 spiro atoms. The molecule has 0 fully saturated rings. The number of aromatic hydroxyl groups is 1. The molecule has 0 saturated heterocycles. The maximum Gasteiger partial charge on any atom is 0.161 e. The van der Waals surface area contributed by atoms with Gasteiger partial charge in [0.25, 0.3) is 0 Å². The molecule has 3 nitrogen and oxygen atoms in total. The average Bonchev–Trinajstić information content (AvgIpc) is 2.21. The minimum absolute atomic E-state index is 0.142. The molecule has 0 atom stereocenters. The average molecular weight is 208 g/mol. The van der Waals surface area contributed by atoms with Crippen molar-refractivity contribution < 1.29 is 14.6 Å². The third kappa shape index (κ3) is 3.20. The number of hydrogen-bond acceptors (Lipinski definition) is 3. The molecule has 0 aromatic heterocycles. The van der Waals surface area contributed by atoms with Crippen LogP contribution in [-0.4, -0.2) is 18.8 Å². The molecule has 1 aromatic rings. The molecule has 0 heterocycles. The van der Waals surface area contributed by atoms with E-state index >= 15 is 0 Å². The van der Waals surface area contributed by atoms with Gasteiger partial charge in [-0.1, -0.05) is 6.07 Å². The summed E-state index contributed by atoms with van der Waals surface area (Å²) in [6.07, 6.45) is 1.89. The molecule has 0 saturated carbocycles. The van der Waals surface area contributed by atoms with E-state index in [1.807, 2.05) is 19.9 Å². The third-order valence-corrected chi connectivity index (χ3v) is 1.95. The fraction of sp³-hybridized carbons (Fsp3) is 0.333. The normalized spacial score (nSPS) is 11.3. The van der Waals surface area contributed by atoms with Crippen molar-refractivity contribution in [2.75, 3.05) is 13.7 Å². The molecule has 1 rings (SSSR count). The van der Waals surface area contributed by atoms with Crippen molar-refractivity contribution in [2.45, 2.75) is 13.8 Å². The van der Waals surface area contributed by atoms with E-state index in [4.69, 9.17) is 9.47 Å². The molecule has 1 aromatic carbocycles. The lowest BCUT2D eigenvalue weighted by atomic mass is 10.2. The number of phenolic OH excluding ortho intramolecular Hbond substituents is 1. The monoisotopic (exact) mass is 208 g/mol. The van der Waals surface area contributed by atoms with E-state index in [0.29, 0.717) is 12.4 Å². The summed E-state index contributed by atoms with van der Waals surface area (Å²) >= 11 is 0. The second kappa shape index (κ2) is 5.29. The van der Waals surface area contributed by atoms with Crippen LogP contribution in [0.25, 0.3) is 6.08 Å². The first-order chi connectivity index (χ1) is 7.17. The Balaban J connectivity index is 2.91. The quantitative estimate of drug-likeness (QED) is 0.773. The molecule has 0 bridgehead atoms. The van der Waals surface area contributed by atoms with Crippen LogP contribution in [0.3, 0.4) is 0 Å². The van der Waals surface area contributed by atoms with Crippen LogP contribution in [0, 0.1) is 0 Å². The van der Waals surface area contributed by atoms with Gasteiger partial charge in [-0.2, -0.15) is 0 Å². The number of phenols is 1. The van der Waals surface area contributed by atoms with E-state index in [1.165, 1.54) is 7.11 Å². The van der Waals surface area contributed by atoms with Crippen LogP contribution in [-0.2, 0) is 4.74 Å². The number of benzene rings is 1. The van der Waals surface area contributed by atoms with Crippen LogP contribution >= 0.6 is 0 Å². The Kier molecular flexibility index (Phi) is 4.03. The number of ether oxygens (including phenoxy) is 2. The van der Waals surface area contributed by atoms with Crippen molar-refractivity contribution in [1.82, 2.24) is 0 Å². The van der Waals surface area contributed by atoms with Crippen molar-refractivity contribution in [1.29, 1.82) is 0 Å². The van der Waals surface area contributed by atoms with Crippen LogP contribution in [0.5, 0.6) is 11.5 Å². The van der Waals surface area contributed by atoms with E-state index in [2.05, 4.69) is 0 Å². The van der Waals surface area contributed by atoms with Crippen LogP contribution in [0.15, 0.2) is 24.0 Å². The predicted octanol–water partition coefficient (Wildman–Crippen LogP) is 2.80. The highest BCUT2D eigenvalue weighted by molar-refractivity contribution is 5.56. The highest BCUT2D eigenvalue weighted by atomic mass is 16.5. The third-order valence-electron chi connectivity index (χ3n) is 1.95. The van der Waals surface area contributed by atoms with Gasteiger partial charge in [-0.05, 0) is 37.6 Å². The Labute approximate surface area is 90.0 Å². The Morgan fingerprint density at radius 2 is 2.20 bits per heavy atom. The second-order valence-corrected chi connectivity index (χ2v) is 3.12. The van der Waals surface area contributed by atoms with E-state index in [9.17, 15) is 5.11 Å². The van der Waals surface area contributed by atoms with Gasteiger partial charge in [0.1, 0.15) is 0 Å². The maximum absolute atomic E-state index is 9.40. The molecule has 15 heavy (non-hydrogen) atoms. The van der Waals surface area contributed by atoms with Gasteiger partial charge in [-0.3, -0.25) is 0 Å². The molecule has 82 valence electrons. The van der Waals surface area contributed by atoms with Gasteiger partial charge in [0, 0.05) is 0 Å². The molecule has 0 aliphatic carbocycles. The highest BCUT2D eigenvalue weighted by Crippen LogP contribution is 2.27. The molecule has 0 radical (unpaired) electrons. The molecule has 0 amide bonds. The van der Waals surface area contributed by atoms with Crippen molar-refractivity contribution in [3.63, 3.8) is 0 Å². The zero-order chi connectivity index (χ0) is 11.3. The van der Waals surface area contributed by atoms with Gasteiger partial charge in [0.15, 0.2) is 11.5 Å². The zero-order valence-electron chi connectivity index (χ0n) is 9.28. The molecular weight excluding hydrogens is 192 g/mol. The van der Waals surface area contributed by atoms with Crippen molar-refractivity contribution >= 4 is 6.08 Å². The molecule has 0 aliphatic rings. The Bertz CT molecular complexity index is 356. The van der Waals surface area contributed by atoms with Gasteiger partial charge in [-0.25, -0.2) is 0 Å². The first-order valence-electron chi connectivity index (χ1n) is 4.85. The fourth-order valence-corrected chi connectivity index (χ4v) is 1.29. The number of methoxy groups -OCH3 is 1. The van der Waals surface area contributed by atoms with Crippen LogP contribution < -0.4 is 4.74 Å². The standard InChI is InChI=1S/C12H16O3/c1-4-15-9(2)7-10-5-6-11(13)12(8-10)14-3/h5-8,13H,4H2,1-3H3. The summed E-state index contributed by atoms with van der Waals surface area (Å²) in [4.78, 5) is 0. The summed E-state index contributed by atoms with van der Waals surface area (Å²) in [5, 5.41) is 9.40. The fourth-order valence-electron chi connectivity index (χ4n) is 1.29. The molecular formula is C12H16O3. The summed E-state index contributed by atoms with van der Waals surface area (Å²) in [6, 6.07) is 5.17. The summed E-state index contributed by atoms with van der Waals surface area (Å²) in [5.41, 5.74) is 0.940. The number of hydrogen-bond donors (Lipinski definition) is 1. The van der Waals surface area contributed by atoms with Crippen LogP contribution in [0.1, 0.15) is 19.4 Å². The van der Waals surface area contributed by atoms with E-state index in [1.54, 1.807) is 18.2 Å². The lowest BCUT2D eigenvalue weighted by Gasteiger charge is -2.05. The number of allylic oxidation sites excluding steroid dienone is 1. The smallest absolute Gasteiger partial charge is 0.161 e. The van der Waals surface area contributed by atoms with Gasteiger partial charge in [-0.15, -0.1) is 0 Å². The summed E-state index contributed by atoms with van der Waals surface area (Å²) in [5.74, 6) is 1.45. The molecule has 0 aliphatic heterocycles. The molecule has 3 heteroatoms. The molecule has 1 N–H and O–H groups in total. The van der Waals surface area contributed by atoms with E-state index in [0.717, 1.165) is 11.3 Å². The lowest BCUT2D eigenvalue weighted by molar-refractivity contribution is 0.235. The molecule has 0 unspecified atom stereocenters. The minimum Gasteiger partial charge on any atom is -0.504 e. The minimum atomic E-state index is 0.142. The van der Waals surface area contributed by atoms with E-state index < -0.39 is 0 Å². The topological polar surface area (TPSA) is 38.7 Å². The zero-order valence-corrected chi connectivity index (χ0v) is 9.28. The first kappa shape index (κ1) is 11.4. The van der Waals surface area contributed by atoms with Crippen molar-refractivity contribution in [3.8, 4) is 11.5 Å². The summed E-state index contributed by atoms with van der Waals surface area (Å²) < 4.78 is 10.3. The predicted molar refractivity (Wildman–Crippen MR) is 59.9 cm³/mol. The Morgan fingerprint density at radius 1 is 1.47 bits per heavy atom. The Morgan fingerprint density at radius 3 is 2.80 bits per heavy atom. The largest absolute Gasteiger partial charge is 0.504 e. The SMILES string of the molecule is CCOC(C)=Cc1ccc(O)c(OC)c1.